The van der Waals surface area contributed by atoms with Crippen LogP contribution >= 0.6 is 22.7 Å². The summed E-state index contributed by atoms with van der Waals surface area (Å²) < 4.78 is 0. The smallest absolute Gasteiger partial charge is 0.0305 e. The van der Waals surface area contributed by atoms with Crippen LogP contribution in [0.4, 0.5) is 0 Å². The second-order valence-corrected chi connectivity index (χ2v) is 10.2. The Morgan fingerprint density at radius 3 is 1.30 bits per heavy atom. The molecule has 0 spiro atoms. The molecule has 0 fully saturated rings. The van der Waals surface area contributed by atoms with E-state index in [1.54, 1.807) is 22.3 Å². The summed E-state index contributed by atoms with van der Waals surface area (Å²) in [7, 11) is 0. The molecule has 2 aromatic heterocycles. The molecule has 2 rings (SSSR count). The van der Waals surface area contributed by atoms with Crippen LogP contribution in [0.3, 0.4) is 0 Å². The third kappa shape index (κ3) is 7.85. The fourth-order valence-electron chi connectivity index (χ4n) is 3.86. The minimum atomic E-state index is 1.23. The summed E-state index contributed by atoms with van der Waals surface area (Å²) in [5, 5.41) is 4.82. The van der Waals surface area contributed by atoms with E-state index in [0.717, 1.165) is 0 Å². The molecule has 0 N–H and O–H groups in total. The zero-order valence-electron chi connectivity index (χ0n) is 19.8. The van der Waals surface area contributed by atoms with E-state index in [9.17, 15) is 0 Å². The number of allylic oxidation sites excluding steroid dienone is 2. The highest BCUT2D eigenvalue weighted by Crippen LogP contribution is 2.29. The summed E-state index contributed by atoms with van der Waals surface area (Å²) in [6.07, 6.45) is 24.5. The molecule has 30 heavy (non-hydrogen) atoms. The Labute approximate surface area is 194 Å². The lowest BCUT2D eigenvalue weighted by atomic mass is 10.00. The lowest BCUT2D eigenvalue weighted by molar-refractivity contribution is 0.761. The van der Waals surface area contributed by atoms with E-state index >= 15 is 0 Å². The maximum absolute atomic E-state index is 2.41. The van der Waals surface area contributed by atoms with Gasteiger partial charge in [0.1, 0.15) is 0 Å². The minimum Gasteiger partial charge on any atom is -0.144 e. The van der Waals surface area contributed by atoms with Crippen molar-refractivity contribution in [3.63, 3.8) is 0 Å². The first-order valence-corrected chi connectivity index (χ1v) is 14.0. The van der Waals surface area contributed by atoms with Crippen molar-refractivity contribution in [2.45, 2.75) is 105 Å². The Balaban J connectivity index is 2.12. The predicted octanol–water partition coefficient (Wildman–Crippen LogP) is 9.91. The van der Waals surface area contributed by atoms with E-state index in [0.29, 0.717) is 0 Å². The van der Waals surface area contributed by atoms with Gasteiger partial charge in [-0.15, -0.1) is 22.7 Å². The van der Waals surface area contributed by atoms with E-state index in [1.807, 2.05) is 22.7 Å². The summed E-state index contributed by atoms with van der Waals surface area (Å²) in [6, 6.07) is 0. The maximum atomic E-state index is 2.41. The number of rotatable bonds is 15. The molecule has 2 heterocycles. The summed E-state index contributed by atoms with van der Waals surface area (Å²) in [6.45, 7) is 9.16. The molecule has 0 atom stereocenters. The molecule has 0 aliphatic heterocycles. The molecule has 2 aromatic rings. The van der Waals surface area contributed by atoms with Gasteiger partial charge in [0, 0.05) is 9.75 Å². The van der Waals surface area contributed by atoms with Gasteiger partial charge in [-0.25, -0.2) is 0 Å². The molecule has 0 unspecified atom stereocenters. The van der Waals surface area contributed by atoms with E-state index < -0.39 is 0 Å². The van der Waals surface area contributed by atoms with Gasteiger partial charge in [0.25, 0.3) is 0 Å². The van der Waals surface area contributed by atoms with Crippen molar-refractivity contribution in [3.05, 3.63) is 54.9 Å². The lowest BCUT2D eigenvalue weighted by Gasteiger charge is -2.05. The van der Waals surface area contributed by atoms with E-state index in [2.05, 4.69) is 62.8 Å². The van der Waals surface area contributed by atoms with Crippen molar-refractivity contribution in [3.8, 4) is 0 Å². The predicted molar refractivity (Wildman–Crippen MR) is 141 cm³/mol. The van der Waals surface area contributed by atoms with Crippen molar-refractivity contribution < 1.29 is 0 Å². The first-order valence-electron chi connectivity index (χ1n) is 12.3. The fraction of sp³-hybridized carbons (Fsp3) is 0.571. The Morgan fingerprint density at radius 1 is 0.567 bits per heavy atom. The minimum absolute atomic E-state index is 1.23. The molecule has 0 amide bonds. The van der Waals surface area contributed by atoms with Gasteiger partial charge in [0.05, 0.1) is 0 Å². The topological polar surface area (TPSA) is 0 Å². The van der Waals surface area contributed by atoms with Gasteiger partial charge in [0.15, 0.2) is 0 Å². The summed E-state index contributed by atoms with van der Waals surface area (Å²) in [5.41, 5.74) is 6.42. The third-order valence-corrected chi connectivity index (χ3v) is 7.87. The van der Waals surface area contributed by atoms with Crippen molar-refractivity contribution >= 4 is 34.8 Å². The van der Waals surface area contributed by atoms with Gasteiger partial charge in [-0.3, -0.25) is 0 Å². The Kier molecular flexibility index (Phi) is 12.4. The van der Waals surface area contributed by atoms with Crippen LogP contribution in [-0.2, 0) is 25.7 Å². The molecule has 166 valence electrons. The lowest BCUT2D eigenvalue weighted by Crippen LogP contribution is -1.92. The van der Waals surface area contributed by atoms with Crippen LogP contribution < -0.4 is 0 Å². The van der Waals surface area contributed by atoms with Gasteiger partial charge in [-0.1, -0.05) is 65.5 Å². The van der Waals surface area contributed by atoms with Crippen LogP contribution in [0.5, 0.6) is 0 Å². The summed E-state index contributed by atoms with van der Waals surface area (Å²) in [5.74, 6) is 0. The van der Waals surface area contributed by atoms with Crippen LogP contribution in [0.1, 0.15) is 111 Å². The van der Waals surface area contributed by atoms with Crippen molar-refractivity contribution in [1.82, 2.24) is 0 Å². The van der Waals surface area contributed by atoms with E-state index in [1.165, 1.54) is 86.8 Å². The quantitative estimate of drug-likeness (QED) is 0.241. The highest BCUT2D eigenvalue weighted by atomic mass is 32.1. The number of hydrogen-bond donors (Lipinski definition) is 0. The molecule has 2 heteroatoms. The van der Waals surface area contributed by atoms with Crippen LogP contribution in [0.25, 0.3) is 12.2 Å². The Hall–Kier alpha value is -1.12. The van der Waals surface area contributed by atoms with E-state index in [-0.39, 0.29) is 0 Å². The molecule has 0 aliphatic rings. The highest BCUT2D eigenvalue weighted by Gasteiger charge is 2.10. The monoisotopic (exact) mass is 442 g/mol. The van der Waals surface area contributed by atoms with Crippen molar-refractivity contribution in [2.75, 3.05) is 0 Å². The molecule has 0 aliphatic carbocycles. The number of thiophene rings is 2. The number of unbranched alkanes of at least 4 members (excludes halogenated alkanes) is 4. The molecule has 0 saturated heterocycles. The van der Waals surface area contributed by atoms with Crippen LogP contribution in [-0.4, -0.2) is 0 Å². The Morgan fingerprint density at radius 2 is 0.933 bits per heavy atom. The molecule has 0 bridgehead atoms. The molecule has 0 radical (unpaired) electrons. The van der Waals surface area contributed by atoms with Crippen LogP contribution in [0, 0.1) is 0 Å². The van der Waals surface area contributed by atoms with Gasteiger partial charge in [0.2, 0.25) is 0 Å². The zero-order chi connectivity index (χ0) is 21.6. The van der Waals surface area contributed by atoms with Gasteiger partial charge >= 0.3 is 0 Å². The average molecular weight is 443 g/mol. The largest absolute Gasteiger partial charge is 0.144 e. The summed E-state index contributed by atoms with van der Waals surface area (Å²) >= 11 is 3.87. The normalized spacial score (nSPS) is 12.0. The van der Waals surface area contributed by atoms with Gasteiger partial charge < -0.3 is 0 Å². The summed E-state index contributed by atoms with van der Waals surface area (Å²) in [4.78, 5) is 2.94. The number of aryl methyl sites for hydroxylation is 2. The van der Waals surface area contributed by atoms with E-state index in [4.69, 9.17) is 0 Å². The molecular formula is C28H42S2. The maximum Gasteiger partial charge on any atom is 0.0305 e. The first kappa shape index (κ1) is 25.1. The number of hydrogen-bond acceptors (Lipinski definition) is 2. The highest BCUT2D eigenvalue weighted by molar-refractivity contribution is 7.11. The second kappa shape index (κ2) is 14.8. The van der Waals surface area contributed by atoms with Crippen LogP contribution in [0.15, 0.2) is 22.9 Å². The average Bonchev–Trinajstić information content (AvgIpc) is 3.33. The SMILES string of the molecule is CCCCc1csc(/C=C/C=C/c2scc(CCCC)c2CCCC)c1CCCC. The second-order valence-electron chi connectivity index (χ2n) is 8.34. The third-order valence-electron chi connectivity index (χ3n) is 5.79. The molecule has 0 aromatic carbocycles. The van der Waals surface area contributed by atoms with Gasteiger partial charge in [-0.05, 0) is 96.5 Å². The molecule has 0 nitrogen and oxygen atoms in total. The standard InChI is InChI=1S/C28H42S2/c1-5-9-15-23-21-29-27(25(23)17-11-7-3)19-13-14-20-28-26(18-12-8-4)24(22-30-28)16-10-6-2/h13-14,19-22H,5-12,15-18H2,1-4H3/b19-13+,20-14+. The fourth-order valence-corrected chi connectivity index (χ4v) is 5.99. The first-order chi connectivity index (χ1) is 14.7. The zero-order valence-corrected chi connectivity index (χ0v) is 21.4. The van der Waals surface area contributed by atoms with Crippen molar-refractivity contribution in [1.29, 1.82) is 0 Å². The van der Waals surface area contributed by atoms with Crippen molar-refractivity contribution in [2.24, 2.45) is 0 Å². The van der Waals surface area contributed by atoms with Crippen LogP contribution in [0.2, 0.25) is 0 Å². The Bertz CT molecular complexity index is 706. The molecule has 0 saturated carbocycles. The van der Waals surface area contributed by atoms with Gasteiger partial charge in [-0.2, -0.15) is 0 Å². The molecular weight excluding hydrogens is 400 g/mol.